The van der Waals surface area contributed by atoms with E-state index in [-0.39, 0.29) is 17.7 Å². The third-order valence-corrected chi connectivity index (χ3v) is 6.23. The number of rotatable bonds is 8. The molecule has 2 N–H and O–H groups in total. The van der Waals surface area contributed by atoms with Crippen LogP contribution in [0, 0.1) is 0 Å². The summed E-state index contributed by atoms with van der Waals surface area (Å²) in [6.45, 7) is 8.04. The Labute approximate surface area is 162 Å². The Bertz CT molecular complexity index is 736. The fourth-order valence-electron chi connectivity index (χ4n) is 3.46. The van der Waals surface area contributed by atoms with Gasteiger partial charge in [-0.05, 0) is 31.9 Å². The van der Waals surface area contributed by atoms with Gasteiger partial charge in [0.1, 0.15) is 0 Å². The van der Waals surface area contributed by atoms with Crippen LogP contribution in [0.5, 0.6) is 0 Å². The van der Waals surface area contributed by atoms with Crippen LogP contribution in [0.15, 0.2) is 24.3 Å². The predicted octanol–water partition coefficient (Wildman–Crippen LogP) is 1.76. The van der Waals surface area contributed by atoms with Crippen molar-refractivity contribution in [2.75, 3.05) is 36.7 Å². The maximum atomic E-state index is 13.1. The van der Waals surface area contributed by atoms with E-state index in [9.17, 15) is 18.3 Å². The van der Waals surface area contributed by atoms with Crippen LogP contribution in [0.2, 0.25) is 0 Å². The standard InChI is InChI=1S/C19H31N3O4S/c1-4-12-27(25,26)20-18-9-7-6-8-17(18)19(24)22-11-10-21(13-15(3)23)16(5-2)14-22/h6-9,15-16,20,23H,4-5,10-14H2,1-3H3. The molecule has 1 aromatic rings. The van der Waals surface area contributed by atoms with E-state index in [2.05, 4.69) is 16.5 Å². The summed E-state index contributed by atoms with van der Waals surface area (Å²) in [5.41, 5.74) is 0.700. The van der Waals surface area contributed by atoms with Crippen LogP contribution < -0.4 is 4.72 Å². The number of carbonyl (C=O) groups is 1. The number of piperazine rings is 1. The van der Waals surface area contributed by atoms with Crippen molar-refractivity contribution >= 4 is 21.6 Å². The van der Waals surface area contributed by atoms with Gasteiger partial charge in [-0.25, -0.2) is 8.42 Å². The molecule has 0 bridgehead atoms. The van der Waals surface area contributed by atoms with Crippen LogP contribution in [0.3, 0.4) is 0 Å². The van der Waals surface area contributed by atoms with E-state index >= 15 is 0 Å². The molecule has 0 spiro atoms. The highest BCUT2D eigenvalue weighted by Gasteiger charge is 2.30. The molecule has 2 unspecified atom stereocenters. The van der Waals surface area contributed by atoms with Crippen molar-refractivity contribution in [1.29, 1.82) is 0 Å². The van der Waals surface area contributed by atoms with Crippen molar-refractivity contribution < 1.29 is 18.3 Å². The maximum Gasteiger partial charge on any atom is 0.256 e. The number of sulfonamides is 1. The van der Waals surface area contributed by atoms with Crippen LogP contribution >= 0.6 is 0 Å². The lowest BCUT2D eigenvalue weighted by Crippen LogP contribution is -2.55. The summed E-state index contributed by atoms with van der Waals surface area (Å²) in [5.74, 6) is -0.147. The van der Waals surface area contributed by atoms with Gasteiger partial charge < -0.3 is 10.0 Å². The van der Waals surface area contributed by atoms with Crippen LogP contribution in [0.4, 0.5) is 5.69 Å². The zero-order chi connectivity index (χ0) is 20.0. The zero-order valence-corrected chi connectivity index (χ0v) is 17.2. The van der Waals surface area contributed by atoms with Crippen molar-refractivity contribution in [3.8, 4) is 0 Å². The second-order valence-electron chi connectivity index (χ2n) is 7.12. The van der Waals surface area contributed by atoms with E-state index in [4.69, 9.17) is 0 Å². The summed E-state index contributed by atoms with van der Waals surface area (Å²) in [6, 6.07) is 6.93. The molecule has 0 radical (unpaired) electrons. The monoisotopic (exact) mass is 397 g/mol. The van der Waals surface area contributed by atoms with Crippen LogP contribution in [0.25, 0.3) is 0 Å². The summed E-state index contributed by atoms with van der Waals surface area (Å²) >= 11 is 0. The molecule has 0 aromatic heterocycles. The molecule has 1 heterocycles. The highest BCUT2D eigenvalue weighted by atomic mass is 32.2. The Morgan fingerprint density at radius 2 is 2.00 bits per heavy atom. The quantitative estimate of drug-likeness (QED) is 0.698. The summed E-state index contributed by atoms with van der Waals surface area (Å²) in [4.78, 5) is 17.1. The van der Waals surface area contributed by atoms with Crippen LogP contribution in [-0.4, -0.2) is 73.3 Å². The predicted molar refractivity (Wildman–Crippen MR) is 107 cm³/mol. The van der Waals surface area contributed by atoms with E-state index in [0.717, 1.165) is 6.42 Å². The molecule has 1 aliphatic heterocycles. The van der Waals surface area contributed by atoms with Crippen molar-refractivity contribution in [1.82, 2.24) is 9.80 Å². The van der Waals surface area contributed by atoms with Crippen molar-refractivity contribution in [3.63, 3.8) is 0 Å². The Morgan fingerprint density at radius 3 is 2.63 bits per heavy atom. The molecular weight excluding hydrogens is 366 g/mol. The van der Waals surface area contributed by atoms with Crippen LogP contribution in [-0.2, 0) is 10.0 Å². The molecular formula is C19H31N3O4S. The first kappa shape index (κ1) is 21.7. The number of β-amino-alcohol motifs (C(OH)–C–C–N with tert-alkyl or cyclic N) is 1. The van der Waals surface area contributed by atoms with Gasteiger partial charge in [-0.3, -0.25) is 14.4 Å². The summed E-state index contributed by atoms with van der Waals surface area (Å²) in [7, 11) is -3.47. The number of amides is 1. The fourth-order valence-corrected chi connectivity index (χ4v) is 4.61. The second kappa shape index (κ2) is 9.52. The number of nitrogens with zero attached hydrogens (tertiary/aromatic N) is 2. The van der Waals surface area contributed by atoms with E-state index in [1.807, 2.05) is 0 Å². The molecule has 8 heteroatoms. The average Bonchev–Trinajstić information content (AvgIpc) is 2.61. The first-order valence-corrected chi connectivity index (χ1v) is 11.2. The molecule has 2 rings (SSSR count). The topological polar surface area (TPSA) is 90.0 Å². The average molecular weight is 398 g/mol. The Morgan fingerprint density at radius 1 is 1.30 bits per heavy atom. The van der Waals surface area contributed by atoms with Crippen molar-refractivity contribution in [2.45, 2.75) is 45.8 Å². The van der Waals surface area contributed by atoms with Gasteiger partial charge >= 0.3 is 0 Å². The molecule has 1 aliphatic rings. The van der Waals surface area contributed by atoms with E-state index in [1.165, 1.54) is 0 Å². The number of aliphatic hydroxyl groups is 1. The summed E-state index contributed by atoms with van der Waals surface area (Å²) in [6.07, 6.45) is 0.978. The first-order chi connectivity index (χ1) is 12.8. The smallest absolute Gasteiger partial charge is 0.256 e. The highest BCUT2D eigenvalue weighted by Crippen LogP contribution is 2.22. The maximum absolute atomic E-state index is 13.1. The van der Waals surface area contributed by atoms with Crippen molar-refractivity contribution in [3.05, 3.63) is 29.8 Å². The lowest BCUT2D eigenvalue weighted by atomic mass is 10.1. The number of hydrogen-bond donors (Lipinski definition) is 2. The van der Waals surface area contributed by atoms with Gasteiger partial charge in [0, 0.05) is 32.2 Å². The number of para-hydroxylation sites is 1. The minimum atomic E-state index is -3.47. The van der Waals surface area contributed by atoms with E-state index < -0.39 is 16.1 Å². The van der Waals surface area contributed by atoms with Gasteiger partial charge in [0.25, 0.3) is 5.91 Å². The minimum Gasteiger partial charge on any atom is -0.392 e. The van der Waals surface area contributed by atoms with Gasteiger partial charge in [-0.1, -0.05) is 26.0 Å². The molecule has 2 atom stereocenters. The van der Waals surface area contributed by atoms with Gasteiger partial charge in [-0.15, -0.1) is 0 Å². The molecule has 1 amide bonds. The van der Waals surface area contributed by atoms with Gasteiger partial charge in [0.15, 0.2) is 0 Å². The third kappa shape index (κ3) is 5.92. The lowest BCUT2D eigenvalue weighted by Gasteiger charge is -2.41. The van der Waals surface area contributed by atoms with E-state index in [1.54, 1.807) is 43.0 Å². The Kier molecular flexibility index (Phi) is 7.64. The third-order valence-electron chi connectivity index (χ3n) is 4.76. The number of hydrogen-bond acceptors (Lipinski definition) is 5. The number of aliphatic hydroxyl groups excluding tert-OH is 1. The molecule has 1 aromatic carbocycles. The van der Waals surface area contributed by atoms with Gasteiger partial charge in [0.05, 0.1) is 23.1 Å². The minimum absolute atomic E-state index is 0.0193. The zero-order valence-electron chi connectivity index (χ0n) is 16.4. The number of carbonyl (C=O) groups excluding carboxylic acids is 1. The highest BCUT2D eigenvalue weighted by molar-refractivity contribution is 7.92. The summed E-state index contributed by atoms with van der Waals surface area (Å²) < 4.78 is 26.8. The second-order valence-corrected chi connectivity index (χ2v) is 8.97. The normalized spacial score (nSPS) is 19.7. The fraction of sp³-hybridized carbons (Fsp3) is 0.632. The Hall–Kier alpha value is -1.64. The lowest BCUT2D eigenvalue weighted by molar-refractivity contribution is 0.0310. The van der Waals surface area contributed by atoms with Gasteiger partial charge in [-0.2, -0.15) is 0 Å². The SMILES string of the molecule is CCCS(=O)(=O)Nc1ccccc1C(=O)N1CCN(CC(C)O)C(CC)C1. The number of anilines is 1. The molecule has 152 valence electrons. The molecule has 27 heavy (non-hydrogen) atoms. The first-order valence-electron chi connectivity index (χ1n) is 9.58. The largest absolute Gasteiger partial charge is 0.392 e. The van der Waals surface area contributed by atoms with Gasteiger partial charge in [0.2, 0.25) is 10.0 Å². The van der Waals surface area contributed by atoms with E-state index in [0.29, 0.717) is 43.9 Å². The summed E-state index contributed by atoms with van der Waals surface area (Å²) in [5, 5.41) is 9.67. The molecule has 1 fully saturated rings. The molecule has 7 nitrogen and oxygen atoms in total. The molecule has 0 aliphatic carbocycles. The van der Waals surface area contributed by atoms with Crippen LogP contribution in [0.1, 0.15) is 44.0 Å². The number of nitrogens with one attached hydrogen (secondary N) is 1. The van der Waals surface area contributed by atoms with Crippen molar-refractivity contribution in [2.24, 2.45) is 0 Å². The Balaban J connectivity index is 2.16. The molecule has 0 saturated carbocycles. The molecule has 1 saturated heterocycles. The number of benzene rings is 1.